The molecule has 20 heavy (non-hydrogen) atoms. The largest absolute Gasteiger partial charge is 0.368 e. The van der Waals surface area contributed by atoms with Gasteiger partial charge in [-0.05, 0) is 5.56 Å². The van der Waals surface area contributed by atoms with Crippen molar-refractivity contribution in [3.8, 4) is 0 Å². The molecule has 4 N–H and O–H groups in total. The molecular formula is C13H14N4O2S. The Hall–Kier alpha value is -2.41. The van der Waals surface area contributed by atoms with Crippen LogP contribution >= 0.6 is 11.3 Å². The van der Waals surface area contributed by atoms with Gasteiger partial charge in [0.15, 0.2) is 5.13 Å². The molecule has 0 bridgehead atoms. The van der Waals surface area contributed by atoms with E-state index in [4.69, 9.17) is 5.73 Å². The lowest BCUT2D eigenvalue weighted by Gasteiger charge is -2.15. The van der Waals surface area contributed by atoms with Crippen molar-refractivity contribution in [3.05, 3.63) is 47.5 Å². The lowest BCUT2D eigenvalue weighted by atomic mass is 10.1. The molecule has 0 spiro atoms. The van der Waals surface area contributed by atoms with Crippen LogP contribution in [0.5, 0.6) is 0 Å². The molecule has 1 aromatic carbocycles. The summed E-state index contributed by atoms with van der Waals surface area (Å²) in [7, 11) is 0. The van der Waals surface area contributed by atoms with Gasteiger partial charge in [0, 0.05) is 18.0 Å². The monoisotopic (exact) mass is 290 g/mol. The molecule has 0 saturated carbocycles. The summed E-state index contributed by atoms with van der Waals surface area (Å²) in [6.45, 7) is 0. The second kappa shape index (κ2) is 6.67. The van der Waals surface area contributed by atoms with Crippen LogP contribution in [0.1, 0.15) is 5.56 Å². The SMILES string of the molecule is NC(=O)C(Cc1ccccc1)NC(=O)Nc1nccs1. The highest BCUT2D eigenvalue weighted by Crippen LogP contribution is 2.10. The number of benzene rings is 1. The molecule has 0 aliphatic rings. The summed E-state index contributed by atoms with van der Waals surface area (Å²) >= 11 is 1.29. The van der Waals surface area contributed by atoms with Crippen LogP contribution in [-0.4, -0.2) is 23.0 Å². The van der Waals surface area contributed by atoms with Crippen molar-refractivity contribution in [3.63, 3.8) is 0 Å². The first kappa shape index (κ1) is 14.0. The van der Waals surface area contributed by atoms with Crippen molar-refractivity contribution >= 4 is 28.4 Å². The lowest BCUT2D eigenvalue weighted by molar-refractivity contribution is -0.119. The third kappa shape index (κ3) is 4.06. The molecule has 0 aliphatic heterocycles. The molecule has 2 aromatic rings. The van der Waals surface area contributed by atoms with Gasteiger partial charge in [-0.1, -0.05) is 30.3 Å². The van der Waals surface area contributed by atoms with E-state index in [0.717, 1.165) is 5.56 Å². The predicted octanol–water partition coefficient (Wildman–Crippen LogP) is 1.36. The average Bonchev–Trinajstić information content (AvgIpc) is 2.92. The third-order valence-corrected chi connectivity index (χ3v) is 3.27. The van der Waals surface area contributed by atoms with Gasteiger partial charge in [0.05, 0.1) is 0 Å². The van der Waals surface area contributed by atoms with E-state index >= 15 is 0 Å². The summed E-state index contributed by atoms with van der Waals surface area (Å²) in [4.78, 5) is 27.1. The first-order valence-corrected chi connectivity index (χ1v) is 6.83. The molecule has 3 amide bonds. The topological polar surface area (TPSA) is 97.1 Å². The average molecular weight is 290 g/mol. The molecule has 6 nitrogen and oxygen atoms in total. The molecule has 1 atom stereocenters. The van der Waals surface area contributed by atoms with Crippen LogP contribution in [0, 0.1) is 0 Å². The van der Waals surface area contributed by atoms with E-state index in [-0.39, 0.29) is 0 Å². The fraction of sp³-hybridized carbons (Fsp3) is 0.154. The zero-order chi connectivity index (χ0) is 14.4. The second-order valence-corrected chi connectivity index (χ2v) is 4.97. The summed E-state index contributed by atoms with van der Waals surface area (Å²) in [6.07, 6.45) is 1.93. The predicted molar refractivity (Wildman–Crippen MR) is 77.4 cm³/mol. The van der Waals surface area contributed by atoms with Crippen LogP contribution in [0.2, 0.25) is 0 Å². The van der Waals surface area contributed by atoms with E-state index in [9.17, 15) is 9.59 Å². The summed E-state index contributed by atoms with van der Waals surface area (Å²) in [5, 5.41) is 7.29. The number of hydrogen-bond donors (Lipinski definition) is 3. The minimum absolute atomic E-state index is 0.349. The van der Waals surface area contributed by atoms with Crippen LogP contribution in [0.15, 0.2) is 41.9 Å². The Morgan fingerprint density at radius 3 is 2.65 bits per heavy atom. The normalized spacial score (nSPS) is 11.6. The zero-order valence-corrected chi connectivity index (χ0v) is 11.4. The Balaban J connectivity index is 1.95. The number of hydrogen-bond acceptors (Lipinski definition) is 4. The van der Waals surface area contributed by atoms with Gasteiger partial charge in [-0.3, -0.25) is 10.1 Å². The zero-order valence-electron chi connectivity index (χ0n) is 10.6. The third-order valence-electron chi connectivity index (χ3n) is 2.58. The van der Waals surface area contributed by atoms with Gasteiger partial charge >= 0.3 is 6.03 Å². The number of nitrogens with one attached hydrogen (secondary N) is 2. The van der Waals surface area contributed by atoms with E-state index in [1.807, 2.05) is 30.3 Å². The summed E-state index contributed by atoms with van der Waals surface area (Å²) in [5.74, 6) is -0.580. The van der Waals surface area contributed by atoms with Gasteiger partial charge in [0.25, 0.3) is 0 Å². The van der Waals surface area contributed by atoms with E-state index in [0.29, 0.717) is 11.6 Å². The lowest BCUT2D eigenvalue weighted by Crippen LogP contribution is -2.47. The van der Waals surface area contributed by atoms with Gasteiger partial charge in [0.2, 0.25) is 5.91 Å². The molecule has 7 heteroatoms. The number of thiazole rings is 1. The number of anilines is 1. The van der Waals surface area contributed by atoms with Crippen LogP contribution in [0.25, 0.3) is 0 Å². The maximum absolute atomic E-state index is 11.8. The summed E-state index contributed by atoms with van der Waals surface area (Å²) in [5.41, 5.74) is 6.23. The number of primary amides is 1. The van der Waals surface area contributed by atoms with Gasteiger partial charge in [-0.25, -0.2) is 9.78 Å². The Bertz CT molecular complexity index is 571. The Labute approximate surface area is 120 Å². The molecule has 2 rings (SSSR count). The molecule has 1 heterocycles. The number of nitrogens with two attached hydrogens (primary N) is 1. The summed E-state index contributed by atoms with van der Waals surface area (Å²) in [6, 6.07) is 8.08. The molecule has 0 aliphatic carbocycles. The van der Waals surface area contributed by atoms with Crippen LogP contribution in [-0.2, 0) is 11.2 Å². The summed E-state index contributed by atoms with van der Waals surface area (Å²) < 4.78 is 0. The van der Waals surface area contributed by atoms with E-state index in [1.54, 1.807) is 11.6 Å². The van der Waals surface area contributed by atoms with Crippen molar-refractivity contribution in [1.82, 2.24) is 10.3 Å². The van der Waals surface area contributed by atoms with Crippen molar-refractivity contribution in [2.24, 2.45) is 5.73 Å². The fourth-order valence-electron chi connectivity index (χ4n) is 1.65. The molecule has 0 radical (unpaired) electrons. The highest BCUT2D eigenvalue weighted by Gasteiger charge is 2.18. The molecule has 1 aromatic heterocycles. The maximum atomic E-state index is 11.8. The van der Waals surface area contributed by atoms with Crippen molar-refractivity contribution < 1.29 is 9.59 Å². The molecular weight excluding hydrogens is 276 g/mol. The molecule has 0 fully saturated rings. The maximum Gasteiger partial charge on any atom is 0.321 e. The number of rotatable bonds is 5. The first-order chi connectivity index (χ1) is 9.65. The number of carbonyl (C=O) groups is 2. The minimum atomic E-state index is -0.766. The van der Waals surface area contributed by atoms with E-state index in [2.05, 4.69) is 15.6 Å². The molecule has 0 saturated heterocycles. The smallest absolute Gasteiger partial charge is 0.321 e. The van der Waals surface area contributed by atoms with E-state index < -0.39 is 18.0 Å². The number of aromatic nitrogens is 1. The number of nitrogens with zero attached hydrogens (tertiary/aromatic N) is 1. The Morgan fingerprint density at radius 2 is 2.05 bits per heavy atom. The van der Waals surface area contributed by atoms with Gasteiger partial charge < -0.3 is 11.1 Å². The van der Waals surface area contributed by atoms with Gasteiger partial charge in [0.1, 0.15) is 6.04 Å². The van der Waals surface area contributed by atoms with Gasteiger partial charge in [-0.15, -0.1) is 11.3 Å². The van der Waals surface area contributed by atoms with Gasteiger partial charge in [-0.2, -0.15) is 0 Å². The number of amides is 3. The van der Waals surface area contributed by atoms with Crippen LogP contribution in [0.3, 0.4) is 0 Å². The molecule has 1 unspecified atom stereocenters. The van der Waals surface area contributed by atoms with Crippen LogP contribution < -0.4 is 16.4 Å². The Morgan fingerprint density at radius 1 is 1.30 bits per heavy atom. The first-order valence-electron chi connectivity index (χ1n) is 5.95. The number of carbonyl (C=O) groups excluding carboxylic acids is 2. The second-order valence-electron chi connectivity index (χ2n) is 4.08. The van der Waals surface area contributed by atoms with Crippen molar-refractivity contribution in [2.45, 2.75) is 12.5 Å². The van der Waals surface area contributed by atoms with E-state index in [1.165, 1.54) is 11.3 Å². The minimum Gasteiger partial charge on any atom is -0.368 e. The quantitative estimate of drug-likeness (QED) is 0.775. The van der Waals surface area contributed by atoms with Crippen LogP contribution in [0.4, 0.5) is 9.93 Å². The van der Waals surface area contributed by atoms with Crippen molar-refractivity contribution in [2.75, 3.05) is 5.32 Å². The standard InChI is InChI=1S/C13H14N4O2S/c14-11(18)10(8-9-4-2-1-3-5-9)16-12(19)17-13-15-6-7-20-13/h1-7,10H,8H2,(H2,14,18)(H2,15,16,17,19). The number of urea groups is 1. The molecule has 104 valence electrons. The fourth-order valence-corrected chi connectivity index (χ4v) is 2.17. The highest BCUT2D eigenvalue weighted by molar-refractivity contribution is 7.13. The van der Waals surface area contributed by atoms with Crippen molar-refractivity contribution in [1.29, 1.82) is 0 Å². The Kier molecular flexibility index (Phi) is 4.67. The highest BCUT2D eigenvalue weighted by atomic mass is 32.1.